The first-order valence-electron chi connectivity index (χ1n) is 12.1. The molecule has 3 aromatic rings. The van der Waals surface area contributed by atoms with E-state index in [1.54, 1.807) is 69.7 Å². The highest BCUT2D eigenvalue weighted by molar-refractivity contribution is 5.91. The number of urea groups is 1. The van der Waals surface area contributed by atoms with Crippen LogP contribution in [0.2, 0.25) is 0 Å². The Balaban J connectivity index is 1.56. The van der Waals surface area contributed by atoms with Crippen LogP contribution in [0.15, 0.2) is 40.9 Å². The lowest BCUT2D eigenvalue weighted by molar-refractivity contribution is 0.0814. The van der Waals surface area contributed by atoms with Crippen molar-refractivity contribution in [3.8, 4) is 40.1 Å². The highest BCUT2D eigenvalue weighted by Gasteiger charge is 2.25. The molecule has 2 amide bonds. The number of anilines is 1. The molecule has 2 aromatic carbocycles. The molecule has 38 heavy (non-hydrogen) atoms. The predicted molar refractivity (Wildman–Crippen MR) is 140 cm³/mol. The van der Waals surface area contributed by atoms with Crippen molar-refractivity contribution in [1.82, 2.24) is 10.1 Å². The Kier molecular flexibility index (Phi) is 8.80. The molecule has 1 atom stereocenters. The largest absolute Gasteiger partial charge is 0.497 e. The summed E-state index contributed by atoms with van der Waals surface area (Å²) in [5.74, 6) is 3.07. The number of benzene rings is 2. The first-order chi connectivity index (χ1) is 18.5. The van der Waals surface area contributed by atoms with Crippen molar-refractivity contribution in [1.29, 1.82) is 0 Å². The van der Waals surface area contributed by atoms with Crippen LogP contribution < -0.4 is 29.0 Å². The van der Waals surface area contributed by atoms with Crippen LogP contribution >= 0.6 is 0 Å². The van der Waals surface area contributed by atoms with Crippen molar-refractivity contribution in [2.75, 3.05) is 54.0 Å². The van der Waals surface area contributed by atoms with Crippen molar-refractivity contribution in [2.45, 2.75) is 25.5 Å². The number of ether oxygens (including phenoxy) is 6. The summed E-state index contributed by atoms with van der Waals surface area (Å²) in [6, 6.07) is 10.2. The quantitative estimate of drug-likeness (QED) is 0.382. The Morgan fingerprint density at radius 2 is 1.71 bits per heavy atom. The molecular formula is C27H33N3O8. The molecule has 1 aliphatic rings. The molecular weight excluding hydrogens is 494 g/mol. The van der Waals surface area contributed by atoms with Crippen LogP contribution in [0, 0.1) is 0 Å². The molecule has 2 heterocycles. The van der Waals surface area contributed by atoms with E-state index in [0.717, 1.165) is 12.8 Å². The van der Waals surface area contributed by atoms with E-state index < -0.39 is 0 Å². The third-order valence-electron chi connectivity index (χ3n) is 6.25. The van der Waals surface area contributed by atoms with Gasteiger partial charge < -0.3 is 43.2 Å². The number of amides is 2. The highest BCUT2D eigenvalue weighted by atomic mass is 16.5. The fraction of sp³-hybridized carbons (Fsp3) is 0.407. The number of nitrogens with zero attached hydrogens (tertiary/aromatic N) is 2. The van der Waals surface area contributed by atoms with E-state index >= 15 is 0 Å². The third-order valence-corrected chi connectivity index (χ3v) is 6.25. The average molecular weight is 528 g/mol. The van der Waals surface area contributed by atoms with Gasteiger partial charge in [-0.1, -0.05) is 5.16 Å². The number of hydrogen-bond acceptors (Lipinski definition) is 9. The second kappa shape index (κ2) is 12.4. The summed E-state index contributed by atoms with van der Waals surface area (Å²) in [4.78, 5) is 15.1. The van der Waals surface area contributed by atoms with Crippen LogP contribution in [0.25, 0.3) is 11.3 Å². The maximum Gasteiger partial charge on any atom is 0.322 e. The van der Waals surface area contributed by atoms with Gasteiger partial charge in [-0.2, -0.15) is 0 Å². The summed E-state index contributed by atoms with van der Waals surface area (Å²) < 4.78 is 38.4. The minimum absolute atomic E-state index is 0.0556. The van der Waals surface area contributed by atoms with Gasteiger partial charge in [0, 0.05) is 30.8 Å². The van der Waals surface area contributed by atoms with Crippen LogP contribution in [0.3, 0.4) is 0 Å². The summed E-state index contributed by atoms with van der Waals surface area (Å²) >= 11 is 0. The zero-order chi connectivity index (χ0) is 27.1. The number of rotatable bonds is 11. The van der Waals surface area contributed by atoms with E-state index in [1.807, 2.05) is 0 Å². The van der Waals surface area contributed by atoms with Gasteiger partial charge in [-0.3, -0.25) is 0 Å². The first kappa shape index (κ1) is 26.9. The van der Waals surface area contributed by atoms with E-state index in [9.17, 15) is 4.79 Å². The number of hydrogen-bond donors (Lipinski definition) is 1. The standard InChI is InChI=1S/C27H33N3O8/c1-32-19-8-9-21(23(14-19)33-2)28-27(31)30(16-20-7-6-10-37-20)15-18-13-22(38-29-18)17-11-24(34-3)26(36-5)25(12-17)35-4/h8-9,11-14,20H,6-7,10,15-16H2,1-5H3,(H,28,31)/t20-/m0/s1. The van der Waals surface area contributed by atoms with E-state index in [2.05, 4.69) is 10.5 Å². The molecule has 1 aliphatic heterocycles. The lowest BCUT2D eigenvalue weighted by atomic mass is 10.1. The normalized spacial score (nSPS) is 14.6. The Bertz CT molecular complexity index is 1210. The van der Waals surface area contributed by atoms with Gasteiger partial charge in [0.15, 0.2) is 17.3 Å². The average Bonchev–Trinajstić information content (AvgIpc) is 3.64. The monoisotopic (exact) mass is 527 g/mol. The Morgan fingerprint density at radius 1 is 0.974 bits per heavy atom. The molecule has 4 rings (SSSR count). The van der Waals surface area contributed by atoms with Crippen LogP contribution in [0.4, 0.5) is 10.5 Å². The molecule has 1 fully saturated rings. The third kappa shape index (κ3) is 6.05. The van der Waals surface area contributed by atoms with Crippen molar-refractivity contribution < 1.29 is 37.7 Å². The molecule has 0 unspecified atom stereocenters. The SMILES string of the molecule is COc1ccc(NC(=O)N(Cc2cc(-c3cc(OC)c(OC)c(OC)c3)on2)C[C@@H]2CCCO2)c(OC)c1. The number of carbonyl (C=O) groups excluding carboxylic acids is 1. The molecule has 11 nitrogen and oxygen atoms in total. The van der Waals surface area contributed by atoms with Gasteiger partial charge in [-0.25, -0.2) is 4.79 Å². The molecule has 0 radical (unpaired) electrons. The minimum Gasteiger partial charge on any atom is -0.497 e. The molecule has 1 aromatic heterocycles. The summed E-state index contributed by atoms with van der Waals surface area (Å²) in [6.45, 7) is 1.29. The van der Waals surface area contributed by atoms with E-state index in [-0.39, 0.29) is 18.7 Å². The van der Waals surface area contributed by atoms with Crippen LogP contribution in [-0.4, -0.2) is 70.9 Å². The van der Waals surface area contributed by atoms with Gasteiger partial charge >= 0.3 is 6.03 Å². The zero-order valence-corrected chi connectivity index (χ0v) is 22.2. The van der Waals surface area contributed by atoms with E-state index in [4.69, 9.17) is 32.9 Å². The summed E-state index contributed by atoms with van der Waals surface area (Å²) in [6.07, 6.45) is 1.78. The molecule has 11 heteroatoms. The second-order valence-corrected chi connectivity index (χ2v) is 8.61. The van der Waals surface area contributed by atoms with Gasteiger partial charge in [0.25, 0.3) is 0 Å². The zero-order valence-electron chi connectivity index (χ0n) is 22.2. The van der Waals surface area contributed by atoms with Gasteiger partial charge in [0.05, 0.1) is 53.9 Å². The van der Waals surface area contributed by atoms with Gasteiger partial charge in [0.2, 0.25) is 5.75 Å². The lowest BCUT2D eigenvalue weighted by Crippen LogP contribution is -2.39. The molecule has 1 saturated heterocycles. The van der Waals surface area contributed by atoms with Crippen molar-refractivity contribution in [3.05, 3.63) is 42.1 Å². The molecule has 0 aliphatic carbocycles. The summed E-state index contributed by atoms with van der Waals surface area (Å²) in [5, 5.41) is 7.15. The van der Waals surface area contributed by atoms with E-state index in [0.29, 0.717) is 64.6 Å². The van der Waals surface area contributed by atoms with Gasteiger partial charge in [0.1, 0.15) is 17.2 Å². The molecule has 0 saturated carbocycles. The molecule has 0 spiro atoms. The number of aromatic nitrogens is 1. The van der Waals surface area contributed by atoms with Crippen LogP contribution in [-0.2, 0) is 11.3 Å². The van der Waals surface area contributed by atoms with E-state index in [1.165, 1.54) is 7.11 Å². The van der Waals surface area contributed by atoms with Crippen molar-refractivity contribution >= 4 is 11.7 Å². The number of carbonyl (C=O) groups is 1. The fourth-order valence-corrected chi connectivity index (χ4v) is 4.29. The highest BCUT2D eigenvalue weighted by Crippen LogP contribution is 2.41. The van der Waals surface area contributed by atoms with Crippen LogP contribution in [0.1, 0.15) is 18.5 Å². The predicted octanol–water partition coefficient (Wildman–Crippen LogP) is 4.60. The summed E-state index contributed by atoms with van der Waals surface area (Å²) in [7, 11) is 7.75. The Morgan fingerprint density at radius 3 is 2.32 bits per heavy atom. The fourth-order valence-electron chi connectivity index (χ4n) is 4.29. The van der Waals surface area contributed by atoms with Crippen molar-refractivity contribution in [2.24, 2.45) is 0 Å². The van der Waals surface area contributed by atoms with Crippen molar-refractivity contribution in [3.63, 3.8) is 0 Å². The van der Waals surface area contributed by atoms with Crippen LogP contribution in [0.5, 0.6) is 28.7 Å². The number of nitrogens with one attached hydrogen (secondary N) is 1. The Hall–Kier alpha value is -4.12. The molecule has 1 N–H and O–H groups in total. The topological polar surface area (TPSA) is 114 Å². The summed E-state index contributed by atoms with van der Waals surface area (Å²) in [5.41, 5.74) is 1.79. The lowest BCUT2D eigenvalue weighted by Gasteiger charge is -2.25. The number of methoxy groups -OCH3 is 5. The van der Waals surface area contributed by atoms with Gasteiger partial charge in [-0.15, -0.1) is 0 Å². The van der Waals surface area contributed by atoms with Gasteiger partial charge in [-0.05, 0) is 37.1 Å². The Labute approximate surface area is 221 Å². The maximum absolute atomic E-state index is 13.4. The second-order valence-electron chi connectivity index (χ2n) is 8.61. The maximum atomic E-state index is 13.4. The first-order valence-corrected chi connectivity index (χ1v) is 12.1. The minimum atomic E-state index is -0.318. The molecule has 204 valence electrons. The molecule has 0 bridgehead atoms. The smallest absolute Gasteiger partial charge is 0.322 e.